The van der Waals surface area contributed by atoms with Crippen molar-refractivity contribution in [3.8, 4) is 0 Å². The van der Waals surface area contributed by atoms with E-state index in [4.69, 9.17) is 4.74 Å². The minimum absolute atomic E-state index is 0.198. The SMILES string of the molecule is COCCCNC(=O)c1ccc(C(=O)Nc2ccc(C(=O)OC)cc2)cc1. The van der Waals surface area contributed by atoms with Gasteiger partial charge in [-0.05, 0) is 55.0 Å². The Morgan fingerprint density at radius 1 is 0.815 bits per heavy atom. The van der Waals surface area contributed by atoms with Crippen molar-refractivity contribution in [3.63, 3.8) is 0 Å². The highest BCUT2D eigenvalue weighted by molar-refractivity contribution is 6.05. The lowest BCUT2D eigenvalue weighted by atomic mass is 10.1. The zero-order valence-corrected chi connectivity index (χ0v) is 15.3. The molecule has 2 rings (SSSR count). The van der Waals surface area contributed by atoms with E-state index in [-0.39, 0.29) is 11.8 Å². The van der Waals surface area contributed by atoms with Gasteiger partial charge in [-0.1, -0.05) is 0 Å². The van der Waals surface area contributed by atoms with Gasteiger partial charge < -0.3 is 20.1 Å². The smallest absolute Gasteiger partial charge is 0.337 e. The molecule has 0 spiro atoms. The number of rotatable bonds is 8. The minimum Gasteiger partial charge on any atom is -0.465 e. The molecule has 2 aromatic carbocycles. The fourth-order valence-electron chi connectivity index (χ4n) is 2.30. The second-order valence-corrected chi connectivity index (χ2v) is 5.70. The Kier molecular flexibility index (Phi) is 7.51. The molecule has 0 aliphatic carbocycles. The summed E-state index contributed by atoms with van der Waals surface area (Å²) < 4.78 is 9.55. The molecular weight excluding hydrogens is 348 g/mol. The summed E-state index contributed by atoms with van der Waals surface area (Å²) >= 11 is 0. The standard InChI is InChI=1S/C20H22N2O5/c1-26-13-3-12-21-18(23)14-4-6-15(7-5-14)19(24)22-17-10-8-16(9-11-17)20(25)27-2/h4-11H,3,12-13H2,1-2H3,(H,21,23)(H,22,24). The highest BCUT2D eigenvalue weighted by atomic mass is 16.5. The monoisotopic (exact) mass is 370 g/mol. The van der Waals surface area contributed by atoms with Crippen LogP contribution in [0.2, 0.25) is 0 Å². The van der Waals surface area contributed by atoms with E-state index in [0.717, 1.165) is 6.42 Å². The van der Waals surface area contributed by atoms with Gasteiger partial charge in [-0.25, -0.2) is 4.79 Å². The predicted octanol–water partition coefficient (Wildman–Crippen LogP) is 2.49. The van der Waals surface area contributed by atoms with Gasteiger partial charge in [-0.15, -0.1) is 0 Å². The van der Waals surface area contributed by atoms with E-state index in [1.54, 1.807) is 55.6 Å². The van der Waals surface area contributed by atoms with E-state index in [9.17, 15) is 14.4 Å². The van der Waals surface area contributed by atoms with Gasteiger partial charge in [-0.3, -0.25) is 9.59 Å². The lowest BCUT2D eigenvalue weighted by Crippen LogP contribution is -2.25. The zero-order valence-electron chi connectivity index (χ0n) is 15.3. The molecule has 0 aliphatic rings. The maximum Gasteiger partial charge on any atom is 0.337 e. The van der Waals surface area contributed by atoms with Gasteiger partial charge in [0, 0.05) is 37.1 Å². The first kappa shape index (κ1) is 20.1. The van der Waals surface area contributed by atoms with E-state index in [1.165, 1.54) is 7.11 Å². The van der Waals surface area contributed by atoms with Crippen LogP contribution in [0.4, 0.5) is 5.69 Å². The molecule has 0 unspecified atom stereocenters. The number of benzene rings is 2. The summed E-state index contributed by atoms with van der Waals surface area (Å²) in [6.45, 7) is 1.11. The van der Waals surface area contributed by atoms with Crippen LogP contribution in [0.15, 0.2) is 48.5 Å². The Morgan fingerprint density at radius 2 is 1.37 bits per heavy atom. The Hall–Kier alpha value is -3.19. The van der Waals surface area contributed by atoms with Crippen molar-refractivity contribution < 1.29 is 23.9 Å². The van der Waals surface area contributed by atoms with E-state index in [2.05, 4.69) is 15.4 Å². The van der Waals surface area contributed by atoms with Gasteiger partial charge in [0.1, 0.15) is 0 Å². The third kappa shape index (κ3) is 5.93. The molecule has 2 aromatic rings. The number of ether oxygens (including phenoxy) is 2. The molecule has 0 radical (unpaired) electrons. The van der Waals surface area contributed by atoms with Gasteiger partial charge in [0.25, 0.3) is 11.8 Å². The summed E-state index contributed by atoms with van der Waals surface area (Å²) in [5.41, 5.74) is 1.85. The molecule has 0 bridgehead atoms. The van der Waals surface area contributed by atoms with Crippen LogP contribution in [0.5, 0.6) is 0 Å². The third-order valence-corrected chi connectivity index (χ3v) is 3.78. The Balaban J connectivity index is 1.93. The molecule has 2 N–H and O–H groups in total. The minimum atomic E-state index is -0.441. The summed E-state index contributed by atoms with van der Waals surface area (Å²) in [6.07, 6.45) is 0.734. The van der Waals surface area contributed by atoms with Crippen molar-refractivity contribution in [3.05, 3.63) is 65.2 Å². The number of hydrogen-bond acceptors (Lipinski definition) is 5. The lowest BCUT2D eigenvalue weighted by molar-refractivity contribution is 0.0600. The van der Waals surface area contributed by atoms with Crippen molar-refractivity contribution in [2.75, 3.05) is 32.7 Å². The molecule has 7 heteroatoms. The largest absolute Gasteiger partial charge is 0.465 e. The molecule has 142 valence electrons. The maximum absolute atomic E-state index is 12.3. The molecule has 0 fully saturated rings. The van der Waals surface area contributed by atoms with Crippen LogP contribution in [-0.4, -0.2) is 45.2 Å². The molecule has 0 aromatic heterocycles. The molecule has 7 nitrogen and oxygen atoms in total. The van der Waals surface area contributed by atoms with E-state index in [1.807, 2.05) is 0 Å². The Bertz CT molecular complexity index is 785. The van der Waals surface area contributed by atoms with Crippen molar-refractivity contribution in [1.29, 1.82) is 0 Å². The number of amides is 2. The molecule has 0 aliphatic heterocycles. The Morgan fingerprint density at radius 3 is 1.93 bits per heavy atom. The van der Waals surface area contributed by atoms with E-state index in [0.29, 0.717) is 35.5 Å². The molecule has 0 saturated carbocycles. The normalized spacial score (nSPS) is 10.1. The predicted molar refractivity (Wildman–Crippen MR) is 101 cm³/mol. The summed E-state index contributed by atoms with van der Waals surface area (Å²) in [5.74, 6) is -0.951. The average molecular weight is 370 g/mol. The Labute approximate surface area is 157 Å². The molecule has 0 saturated heterocycles. The van der Waals surface area contributed by atoms with Crippen LogP contribution in [0.3, 0.4) is 0 Å². The van der Waals surface area contributed by atoms with Crippen molar-refractivity contribution in [2.45, 2.75) is 6.42 Å². The number of esters is 1. The van der Waals surface area contributed by atoms with Gasteiger partial charge in [-0.2, -0.15) is 0 Å². The van der Waals surface area contributed by atoms with Gasteiger partial charge in [0.05, 0.1) is 12.7 Å². The summed E-state index contributed by atoms with van der Waals surface area (Å²) in [5, 5.41) is 5.52. The second kappa shape index (κ2) is 10.1. The van der Waals surface area contributed by atoms with Gasteiger partial charge in [0.15, 0.2) is 0 Å². The molecule has 27 heavy (non-hydrogen) atoms. The van der Waals surface area contributed by atoms with Gasteiger partial charge in [0.2, 0.25) is 0 Å². The molecule has 2 amide bonds. The second-order valence-electron chi connectivity index (χ2n) is 5.70. The molecular formula is C20H22N2O5. The van der Waals surface area contributed by atoms with Crippen LogP contribution < -0.4 is 10.6 Å². The maximum atomic E-state index is 12.3. The fraction of sp³-hybridized carbons (Fsp3) is 0.250. The van der Waals surface area contributed by atoms with Crippen molar-refractivity contribution >= 4 is 23.5 Å². The van der Waals surface area contributed by atoms with E-state index >= 15 is 0 Å². The quantitative estimate of drug-likeness (QED) is 0.550. The average Bonchev–Trinajstić information content (AvgIpc) is 2.71. The number of hydrogen-bond donors (Lipinski definition) is 2. The van der Waals surface area contributed by atoms with Gasteiger partial charge >= 0.3 is 5.97 Å². The number of anilines is 1. The van der Waals surface area contributed by atoms with Crippen LogP contribution >= 0.6 is 0 Å². The van der Waals surface area contributed by atoms with Crippen LogP contribution in [-0.2, 0) is 9.47 Å². The van der Waals surface area contributed by atoms with Crippen LogP contribution in [0.25, 0.3) is 0 Å². The topological polar surface area (TPSA) is 93.7 Å². The number of methoxy groups -OCH3 is 2. The number of carbonyl (C=O) groups is 3. The first-order chi connectivity index (χ1) is 13.0. The first-order valence-corrected chi connectivity index (χ1v) is 8.42. The number of carbonyl (C=O) groups excluding carboxylic acids is 3. The number of nitrogens with one attached hydrogen (secondary N) is 2. The van der Waals surface area contributed by atoms with Crippen LogP contribution in [0, 0.1) is 0 Å². The molecule has 0 heterocycles. The molecule has 0 atom stereocenters. The summed E-state index contributed by atoms with van der Waals surface area (Å²) in [7, 11) is 2.92. The van der Waals surface area contributed by atoms with Crippen molar-refractivity contribution in [2.24, 2.45) is 0 Å². The van der Waals surface area contributed by atoms with Crippen molar-refractivity contribution in [1.82, 2.24) is 5.32 Å². The summed E-state index contributed by atoms with van der Waals surface area (Å²) in [6, 6.07) is 12.7. The zero-order chi connectivity index (χ0) is 19.6. The third-order valence-electron chi connectivity index (χ3n) is 3.78. The first-order valence-electron chi connectivity index (χ1n) is 8.42. The lowest BCUT2D eigenvalue weighted by Gasteiger charge is -2.08. The van der Waals surface area contributed by atoms with Crippen LogP contribution in [0.1, 0.15) is 37.5 Å². The highest BCUT2D eigenvalue weighted by Gasteiger charge is 2.10. The fourth-order valence-corrected chi connectivity index (χ4v) is 2.30. The van der Waals surface area contributed by atoms with E-state index < -0.39 is 5.97 Å². The highest BCUT2D eigenvalue weighted by Crippen LogP contribution is 2.13. The summed E-state index contributed by atoms with van der Waals surface area (Å²) in [4.78, 5) is 35.7.